The maximum absolute atomic E-state index is 12.7. The number of aromatic nitrogens is 1. The second kappa shape index (κ2) is 7.01. The molecule has 122 valence electrons. The zero-order valence-electron chi connectivity index (χ0n) is 14.0. The highest BCUT2D eigenvalue weighted by Gasteiger charge is 2.22. The van der Waals surface area contributed by atoms with Crippen LogP contribution in [0.5, 0.6) is 0 Å². The van der Waals surface area contributed by atoms with Crippen LogP contribution in [0.2, 0.25) is 0 Å². The molecular weight excluding hydrogens is 286 g/mol. The minimum Gasteiger partial charge on any atom is -0.344 e. The molecule has 0 aliphatic carbocycles. The number of aryl methyl sites for hydroxylation is 1. The summed E-state index contributed by atoms with van der Waals surface area (Å²) in [5.41, 5.74) is 3.25. The molecule has 1 aromatic heterocycles. The third-order valence-electron chi connectivity index (χ3n) is 4.72. The first-order valence-electron chi connectivity index (χ1n) is 8.33. The minimum atomic E-state index is 0.155. The van der Waals surface area contributed by atoms with Crippen molar-refractivity contribution in [1.82, 2.24) is 14.4 Å². The highest BCUT2D eigenvalue weighted by Crippen LogP contribution is 2.13. The number of carbonyl (C=O) groups excluding carboxylic acids is 1. The first-order valence-corrected chi connectivity index (χ1v) is 8.33. The first-order chi connectivity index (χ1) is 11.1. The van der Waals surface area contributed by atoms with Gasteiger partial charge >= 0.3 is 0 Å². The Kier molecular flexibility index (Phi) is 4.82. The fraction of sp³-hybridized carbons (Fsp3) is 0.421. The van der Waals surface area contributed by atoms with Crippen LogP contribution in [0.4, 0.5) is 0 Å². The van der Waals surface area contributed by atoms with Crippen molar-refractivity contribution in [3.8, 4) is 0 Å². The molecule has 1 fully saturated rings. The molecule has 1 aliphatic rings. The second-order valence-corrected chi connectivity index (χ2v) is 6.33. The van der Waals surface area contributed by atoms with E-state index < -0.39 is 0 Å². The van der Waals surface area contributed by atoms with Gasteiger partial charge in [-0.1, -0.05) is 30.3 Å². The molecule has 4 nitrogen and oxygen atoms in total. The van der Waals surface area contributed by atoms with E-state index in [1.54, 1.807) is 0 Å². The van der Waals surface area contributed by atoms with Crippen LogP contribution < -0.4 is 0 Å². The monoisotopic (exact) mass is 311 g/mol. The Bertz CT molecular complexity index is 663. The van der Waals surface area contributed by atoms with Crippen molar-refractivity contribution in [3.05, 3.63) is 59.4 Å². The molecule has 4 heteroatoms. The van der Waals surface area contributed by atoms with E-state index in [1.165, 1.54) is 5.56 Å². The van der Waals surface area contributed by atoms with E-state index in [4.69, 9.17) is 0 Å². The predicted molar refractivity (Wildman–Crippen MR) is 92.4 cm³/mol. The van der Waals surface area contributed by atoms with Gasteiger partial charge in [0.15, 0.2) is 0 Å². The lowest BCUT2D eigenvalue weighted by Gasteiger charge is -2.22. The van der Waals surface area contributed by atoms with Crippen molar-refractivity contribution in [2.45, 2.75) is 19.9 Å². The van der Waals surface area contributed by atoms with Gasteiger partial charge in [-0.3, -0.25) is 9.69 Å². The molecule has 2 heterocycles. The van der Waals surface area contributed by atoms with Crippen molar-refractivity contribution in [3.63, 3.8) is 0 Å². The molecule has 3 rings (SSSR count). The lowest BCUT2D eigenvalue weighted by atomic mass is 10.2. The standard InChI is InChI=1S/C19H25N3O/c1-16-9-10-18(20(16)2)19(23)22-12-6-11-21(13-14-22)15-17-7-4-3-5-8-17/h3-5,7-10H,6,11-15H2,1-2H3. The van der Waals surface area contributed by atoms with Crippen molar-refractivity contribution >= 4 is 5.91 Å². The van der Waals surface area contributed by atoms with E-state index in [0.717, 1.165) is 50.5 Å². The molecule has 1 aliphatic heterocycles. The third-order valence-corrected chi connectivity index (χ3v) is 4.72. The summed E-state index contributed by atoms with van der Waals surface area (Å²) in [5, 5.41) is 0. The van der Waals surface area contributed by atoms with Gasteiger partial charge in [-0.25, -0.2) is 0 Å². The summed E-state index contributed by atoms with van der Waals surface area (Å²) >= 11 is 0. The highest BCUT2D eigenvalue weighted by molar-refractivity contribution is 5.93. The van der Waals surface area contributed by atoms with E-state index in [9.17, 15) is 4.79 Å². The highest BCUT2D eigenvalue weighted by atomic mass is 16.2. The summed E-state index contributed by atoms with van der Waals surface area (Å²) in [6.45, 7) is 6.62. The maximum Gasteiger partial charge on any atom is 0.270 e. The normalized spacial score (nSPS) is 16.3. The van der Waals surface area contributed by atoms with Gasteiger partial charge in [-0.05, 0) is 31.0 Å². The van der Waals surface area contributed by atoms with Gasteiger partial charge < -0.3 is 9.47 Å². The minimum absolute atomic E-state index is 0.155. The zero-order valence-corrected chi connectivity index (χ0v) is 14.0. The predicted octanol–water partition coefficient (Wildman–Crippen LogP) is 2.68. The number of benzene rings is 1. The Morgan fingerprint density at radius 2 is 1.78 bits per heavy atom. The summed E-state index contributed by atoms with van der Waals surface area (Å²) in [7, 11) is 1.96. The molecular formula is C19H25N3O. The molecule has 1 amide bonds. The van der Waals surface area contributed by atoms with Crippen LogP contribution in [-0.4, -0.2) is 46.5 Å². The van der Waals surface area contributed by atoms with Gasteiger partial charge in [-0.15, -0.1) is 0 Å². The van der Waals surface area contributed by atoms with E-state index in [0.29, 0.717) is 0 Å². The topological polar surface area (TPSA) is 28.5 Å². The van der Waals surface area contributed by atoms with Crippen LogP contribution in [0, 0.1) is 6.92 Å². The molecule has 0 saturated carbocycles. The number of rotatable bonds is 3. The molecule has 23 heavy (non-hydrogen) atoms. The van der Waals surface area contributed by atoms with Gasteiger partial charge in [0.1, 0.15) is 5.69 Å². The van der Waals surface area contributed by atoms with Crippen molar-refractivity contribution in [1.29, 1.82) is 0 Å². The molecule has 0 spiro atoms. The van der Waals surface area contributed by atoms with E-state index in [2.05, 4.69) is 29.2 Å². The van der Waals surface area contributed by atoms with Crippen molar-refractivity contribution in [2.75, 3.05) is 26.2 Å². The smallest absolute Gasteiger partial charge is 0.270 e. The molecule has 0 unspecified atom stereocenters. The molecule has 0 bridgehead atoms. The van der Waals surface area contributed by atoms with Crippen LogP contribution in [-0.2, 0) is 13.6 Å². The van der Waals surface area contributed by atoms with Gasteiger partial charge in [0.2, 0.25) is 0 Å². The van der Waals surface area contributed by atoms with E-state index >= 15 is 0 Å². The average molecular weight is 311 g/mol. The van der Waals surface area contributed by atoms with Crippen molar-refractivity contribution < 1.29 is 4.79 Å². The van der Waals surface area contributed by atoms with E-state index in [1.807, 2.05) is 41.6 Å². The summed E-state index contributed by atoms with van der Waals surface area (Å²) in [6.07, 6.45) is 1.03. The van der Waals surface area contributed by atoms with Crippen LogP contribution in [0.3, 0.4) is 0 Å². The fourth-order valence-electron chi connectivity index (χ4n) is 3.16. The Labute approximate surface area is 138 Å². The fourth-order valence-corrected chi connectivity index (χ4v) is 3.16. The van der Waals surface area contributed by atoms with Crippen molar-refractivity contribution in [2.24, 2.45) is 7.05 Å². The maximum atomic E-state index is 12.7. The van der Waals surface area contributed by atoms with Gasteiger partial charge in [0, 0.05) is 45.5 Å². The number of nitrogens with zero attached hydrogens (tertiary/aromatic N) is 3. The lowest BCUT2D eigenvalue weighted by molar-refractivity contribution is 0.0751. The van der Waals surface area contributed by atoms with Gasteiger partial charge in [0.05, 0.1) is 0 Å². The Hall–Kier alpha value is -2.07. The molecule has 1 aromatic carbocycles. The Balaban J connectivity index is 1.62. The number of carbonyl (C=O) groups is 1. The van der Waals surface area contributed by atoms with E-state index in [-0.39, 0.29) is 5.91 Å². The number of hydrogen-bond donors (Lipinski definition) is 0. The summed E-state index contributed by atoms with van der Waals surface area (Å²) in [4.78, 5) is 17.2. The SMILES string of the molecule is Cc1ccc(C(=O)N2CCCN(Cc3ccccc3)CC2)n1C. The lowest BCUT2D eigenvalue weighted by Crippen LogP contribution is -2.36. The molecule has 2 aromatic rings. The Morgan fingerprint density at radius 3 is 2.48 bits per heavy atom. The largest absolute Gasteiger partial charge is 0.344 e. The summed E-state index contributed by atoms with van der Waals surface area (Å²) < 4.78 is 1.98. The average Bonchev–Trinajstić information content (AvgIpc) is 2.77. The summed E-state index contributed by atoms with van der Waals surface area (Å²) in [6, 6.07) is 14.5. The molecule has 0 atom stereocenters. The Morgan fingerprint density at radius 1 is 1.00 bits per heavy atom. The molecule has 1 saturated heterocycles. The van der Waals surface area contributed by atoms with Crippen LogP contribution in [0.15, 0.2) is 42.5 Å². The van der Waals surface area contributed by atoms with Gasteiger partial charge in [0.25, 0.3) is 5.91 Å². The van der Waals surface area contributed by atoms with Crippen LogP contribution >= 0.6 is 0 Å². The number of hydrogen-bond acceptors (Lipinski definition) is 2. The summed E-state index contributed by atoms with van der Waals surface area (Å²) in [5.74, 6) is 0.155. The molecule has 0 N–H and O–H groups in total. The van der Waals surface area contributed by atoms with Crippen LogP contribution in [0.25, 0.3) is 0 Å². The zero-order chi connectivity index (χ0) is 16.2. The second-order valence-electron chi connectivity index (χ2n) is 6.33. The third kappa shape index (κ3) is 3.64. The van der Waals surface area contributed by atoms with Gasteiger partial charge in [-0.2, -0.15) is 0 Å². The number of amides is 1. The quantitative estimate of drug-likeness (QED) is 0.872. The first kappa shape index (κ1) is 15.8. The van der Waals surface area contributed by atoms with Crippen LogP contribution in [0.1, 0.15) is 28.2 Å². The molecule has 0 radical (unpaired) electrons.